The topological polar surface area (TPSA) is 15.3 Å². The van der Waals surface area contributed by atoms with Crippen molar-refractivity contribution >= 4 is 11.3 Å². The highest BCUT2D eigenvalue weighted by Crippen LogP contribution is 2.18. The first-order valence-electron chi connectivity index (χ1n) is 6.77. The molecule has 2 rings (SSSR count). The molecule has 0 aliphatic carbocycles. The Kier molecular flexibility index (Phi) is 5.01. The Balaban J connectivity index is 1.86. The molecule has 17 heavy (non-hydrogen) atoms. The number of rotatable bonds is 5. The third-order valence-corrected chi connectivity index (χ3v) is 4.65. The minimum absolute atomic E-state index is 0.684. The molecule has 2 atom stereocenters. The summed E-state index contributed by atoms with van der Waals surface area (Å²) in [5.74, 6) is 0.820. The van der Waals surface area contributed by atoms with Gasteiger partial charge in [-0.1, -0.05) is 19.9 Å². The van der Waals surface area contributed by atoms with Crippen LogP contribution in [0.4, 0.5) is 0 Å². The van der Waals surface area contributed by atoms with Crippen LogP contribution in [-0.4, -0.2) is 30.6 Å². The van der Waals surface area contributed by atoms with Gasteiger partial charge in [0.25, 0.3) is 0 Å². The van der Waals surface area contributed by atoms with Crippen LogP contribution < -0.4 is 5.32 Å². The van der Waals surface area contributed by atoms with Crippen molar-refractivity contribution in [2.75, 3.05) is 19.6 Å². The summed E-state index contributed by atoms with van der Waals surface area (Å²) < 4.78 is 0. The molecule has 0 bridgehead atoms. The van der Waals surface area contributed by atoms with Crippen LogP contribution in [0.2, 0.25) is 0 Å². The van der Waals surface area contributed by atoms with Gasteiger partial charge >= 0.3 is 0 Å². The van der Waals surface area contributed by atoms with Gasteiger partial charge in [0, 0.05) is 24.0 Å². The van der Waals surface area contributed by atoms with Gasteiger partial charge < -0.3 is 5.32 Å². The Morgan fingerprint density at radius 2 is 2.41 bits per heavy atom. The molecule has 2 nitrogen and oxygen atoms in total. The van der Waals surface area contributed by atoms with E-state index >= 15 is 0 Å². The van der Waals surface area contributed by atoms with E-state index in [1.165, 1.54) is 30.8 Å². The largest absolute Gasteiger partial charge is 0.312 e. The van der Waals surface area contributed by atoms with Crippen LogP contribution in [0.3, 0.4) is 0 Å². The van der Waals surface area contributed by atoms with Crippen LogP contribution in [0.15, 0.2) is 17.5 Å². The highest BCUT2D eigenvalue weighted by molar-refractivity contribution is 7.09. The number of hydrogen-bond acceptors (Lipinski definition) is 3. The minimum atomic E-state index is 0.684. The van der Waals surface area contributed by atoms with Crippen molar-refractivity contribution < 1.29 is 0 Å². The smallest absolute Gasteiger partial charge is 0.0328 e. The van der Waals surface area contributed by atoms with Gasteiger partial charge in [0.05, 0.1) is 0 Å². The standard InChI is InChI=1S/C14H24N2S/c1-3-16(10-13-7-5-9-17-13)11-14-12(2)6-4-8-15-14/h5,7,9,12,14-15H,3-4,6,8,10-11H2,1-2H3. The minimum Gasteiger partial charge on any atom is -0.312 e. The molecule has 1 aromatic rings. The second-order valence-corrected chi connectivity index (χ2v) is 6.12. The first-order chi connectivity index (χ1) is 8.29. The third kappa shape index (κ3) is 3.80. The Morgan fingerprint density at radius 1 is 1.53 bits per heavy atom. The number of nitrogens with one attached hydrogen (secondary N) is 1. The van der Waals surface area contributed by atoms with E-state index in [1.54, 1.807) is 0 Å². The molecule has 1 saturated heterocycles. The van der Waals surface area contributed by atoms with E-state index in [4.69, 9.17) is 0 Å². The Morgan fingerprint density at radius 3 is 3.06 bits per heavy atom. The molecule has 2 unspecified atom stereocenters. The number of hydrogen-bond donors (Lipinski definition) is 1. The number of piperidine rings is 1. The summed E-state index contributed by atoms with van der Waals surface area (Å²) in [7, 11) is 0. The molecule has 3 heteroatoms. The van der Waals surface area contributed by atoms with E-state index in [-0.39, 0.29) is 0 Å². The van der Waals surface area contributed by atoms with Crippen molar-refractivity contribution in [2.24, 2.45) is 5.92 Å². The van der Waals surface area contributed by atoms with Crippen molar-refractivity contribution in [3.8, 4) is 0 Å². The molecule has 1 fully saturated rings. The number of likely N-dealkylation sites (N-methyl/N-ethyl adjacent to an activating group) is 1. The molecular weight excluding hydrogens is 228 g/mol. The molecule has 1 aliphatic rings. The van der Waals surface area contributed by atoms with Gasteiger partial charge in [-0.05, 0) is 43.3 Å². The lowest BCUT2D eigenvalue weighted by atomic mass is 9.92. The van der Waals surface area contributed by atoms with Crippen LogP contribution in [0.5, 0.6) is 0 Å². The highest BCUT2D eigenvalue weighted by Gasteiger charge is 2.22. The van der Waals surface area contributed by atoms with Gasteiger partial charge in [-0.15, -0.1) is 11.3 Å². The van der Waals surface area contributed by atoms with Gasteiger partial charge in [0.2, 0.25) is 0 Å². The summed E-state index contributed by atoms with van der Waals surface area (Å²) in [6.45, 7) is 9.29. The maximum Gasteiger partial charge on any atom is 0.0328 e. The predicted molar refractivity (Wildman–Crippen MR) is 75.5 cm³/mol. The van der Waals surface area contributed by atoms with Gasteiger partial charge in [0.1, 0.15) is 0 Å². The molecular formula is C14H24N2S. The summed E-state index contributed by atoms with van der Waals surface area (Å²) >= 11 is 1.87. The molecule has 1 N–H and O–H groups in total. The van der Waals surface area contributed by atoms with Crippen LogP contribution in [0, 0.1) is 5.92 Å². The van der Waals surface area contributed by atoms with Crippen molar-refractivity contribution in [3.05, 3.63) is 22.4 Å². The van der Waals surface area contributed by atoms with E-state index < -0.39 is 0 Å². The molecule has 2 heterocycles. The monoisotopic (exact) mass is 252 g/mol. The second-order valence-electron chi connectivity index (χ2n) is 5.09. The van der Waals surface area contributed by atoms with Crippen molar-refractivity contribution in [1.82, 2.24) is 10.2 Å². The number of thiophene rings is 1. The quantitative estimate of drug-likeness (QED) is 0.867. The summed E-state index contributed by atoms with van der Waals surface area (Å²) in [6.07, 6.45) is 2.73. The zero-order valence-corrected chi connectivity index (χ0v) is 11.8. The lowest BCUT2D eigenvalue weighted by Crippen LogP contribution is -2.47. The highest BCUT2D eigenvalue weighted by atomic mass is 32.1. The van der Waals surface area contributed by atoms with Crippen LogP contribution in [-0.2, 0) is 6.54 Å². The van der Waals surface area contributed by atoms with Crippen LogP contribution in [0.1, 0.15) is 31.6 Å². The average Bonchev–Trinajstić information content (AvgIpc) is 2.84. The fourth-order valence-electron chi connectivity index (χ4n) is 2.56. The van der Waals surface area contributed by atoms with Gasteiger partial charge in [0.15, 0.2) is 0 Å². The third-order valence-electron chi connectivity index (χ3n) is 3.79. The molecule has 0 amide bonds. The molecule has 96 valence electrons. The Hall–Kier alpha value is -0.380. The Bertz CT molecular complexity index is 310. The van der Waals surface area contributed by atoms with Gasteiger partial charge in [-0.2, -0.15) is 0 Å². The lowest BCUT2D eigenvalue weighted by Gasteiger charge is -2.34. The van der Waals surface area contributed by atoms with Crippen LogP contribution >= 0.6 is 11.3 Å². The molecule has 1 aliphatic heterocycles. The molecule has 0 saturated carbocycles. The van der Waals surface area contributed by atoms with E-state index in [0.29, 0.717) is 6.04 Å². The van der Waals surface area contributed by atoms with Gasteiger partial charge in [-0.3, -0.25) is 4.90 Å². The zero-order valence-electron chi connectivity index (χ0n) is 11.0. The van der Waals surface area contributed by atoms with E-state index in [2.05, 4.69) is 41.6 Å². The summed E-state index contributed by atoms with van der Waals surface area (Å²) in [5.41, 5.74) is 0. The predicted octanol–water partition coefficient (Wildman–Crippen LogP) is 2.96. The van der Waals surface area contributed by atoms with Gasteiger partial charge in [-0.25, -0.2) is 0 Å². The first-order valence-corrected chi connectivity index (χ1v) is 7.65. The number of nitrogens with zero attached hydrogens (tertiary/aromatic N) is 1. The molecule has 0 aromatic carbocycles. The van der Waals surface area contributed by atoms with Crippen LogP contribution in [0.25, 0.3) is 0 Å². The van der Waals surface area contributed by atoms with Crippen molar-refractivity contribution in [1.29, 1.82) is 0 Å². The zero-order chi connectivity index (χ0) is 12.1. The average molecular weight is 252 g/mol. The lowest BCUT2D eigenvalue weighted by molar-refractivity contribution is 0.192. The molecule has 0 radical (unpaired) electrons. The fraction of sp³-hybridized carbons (Fsp3) is 0.714. The summed E-state index contributed by atoms with van der Waals surface area (Å²) in [5, 5.41) is 5.85. The second kappa shape index (κ2) is 6.53. The fourth-order valence-corrected chi connectivity index (χ4v) is 3.31. The van der Waals surface area contributed by atoms with E-state index in [1.807, 2.05) is 11.3 Å². The Labute approximate surface area is 109 Å². The molecule has 0 spiro atoms. The SMILES string of the molecule is CCN(Cc1cccs1)CC1NCCCC1C. The first kappa shape index (κ1) is 13.1. The maximum absolute atomic E-state index is 3.67. The summed E-state index contributed by atoms with van der Waals surface area (Å²) in [4.78, 5) is 4.04. The normalized spacial score (nSPS) is 25.4. The maximum atomic E-state index is 3.67. The van der Waals surface area contributed by atoms with Crippen molar-refractivity contribution in [3.63, 3.8) is 0 Å². The molecule has 1 aromatic heterocycles. The summed E-state index contributed by atoms with van der Waals surface area (Å²) in [6, 6.07) is 5.07. The van der Waals surface area contributed by atoms with E-state index in [9.17, 15) is 0 Å². The van der Waals surface area contributed by atoms with Crippen molar-refractivity contribution in [2.45, 2.75) is 39.3 Å². The van der Waals surface area contributed by atoms with E-state index in [0.717, 1.165) is 19.0 Å².